The van der Waals surface area contributed by atoms with Crippen LogP contribution in [0.1, 0.15) is 59.3 Å². The van der Waals surface area contributed by atoms with Crippen molar-refractivity contribution in [3.8, 4) is 0 Å². The van der Waals surface area contributed by atoms with E-state index >= 15 is 0 Å². The third-order valence-electron chi connectivity index (χ3n) is 5.16. The molecule has 3 N–H and O–H groups in total. The largest absolute Gasteiger partial charge is 0.329 e. The van der Waals surface area contributed by atoms with Crippen LogP contribution in [0.5, 0.6) is 0 Å². The standard InChI is InChI=1S/C16H32N2/c1-12(2)7-14-5-4-6-16(9-14,11-17)18-10-15-8-13(15)3/h12-15,18H,4-11,17H2,1-3H3. The van der Waals surface area contributed by atoms with Crippen LogP contribution in [-0.4, -0.2) is 18.6 Å². The maximum Gasteiger partial charge on any atom is 0.0306 e. The van der Waals surface area contributed by atoms with Gasteiger partial charge in [0.15, 0.2) is 0 Å². The molecule has 0 radical (unpaired) electrons. The summed E-state index contributed by atoms with van der Waals surface area (Å²) >= 11 is 0. The molecule has 106 valence electrons. The first kappa shape index (κ1) is 14.3. The van der Waals surface area contributed by atoms with Crippen LogP contribution >= 0.6 is 0 Å². The molecule has 0 amide bonds. The van der Waals surface area contributed by atoms with Crippen LogP contribution in [0.25, 0.3) is 0 Å². The Morgan fingerprint density at radius 1 is 1.39 bits per heavy atom. The van der Waals surface area contributed by atoms with Gasteiger partial charge < -0.3 is 11.1 Å². The molecule has 0 spiro atoms. The molecule has 2 nitrogen and oxygen atoms in total. The quantitative estimate of drug-likeness (QED) is 0.762. The first-order chi connectivity index (χ1) is 8.54. The smallest absolute Gasteiger partial charge is 0.0306 e. The van der Waals surface area contributed by atoms with Crippen molar-refractivity contribution in [2.75, 3.05) is 13.1 Å². The zero-order valence-electron chi connectivity index (χ0n) is 12.5. The van der Waals surface area contributed by atoms with Crippen LogP contribution in [0, 0.1) is 23.7 Å². The molecule has 2 rings (SSSR count). The molecule has 0 aromatic heterocycles. The van der Waals surface area contributed by atoms with Crippen molar-refractivity contribution in [2.24, 2.45) is 29.4 Å². The molecule has 0 heterocycles. The second-order valence-corrected chi connectivity index (χ2v) is 7.43. The van der Waals surface area contributed by atoms with Crippen molar-refractivity contribution >= 4 is 0 Å². The molecule has 18 heavy (non-hydrogen) atoms. The maximum atomic E-state index is 6.11. The molecular formula is C16H32N2. The minimum atomic E-state index is 0.264. The van der Waals surface area contributed by atoms with E-state index in [1.807, 2.05) is 0 Å². The number of rotatable bonds is 6. The van der Waals surface area contributed by atoms with Crippen LogP contribution in [-0.2, 0) is 0 Å². The van der Waals surface area contributed by atoms with E-state index in [0.717, 1.165) is 30.2 Å². The molecule has 2 fully saturated rings. The lowest BCUT2D eigenvalue weighted by Crippen LogP contribution is -2.54. The summed E-state index contributed by atoms with van der Waals surface area (Å²) in [4.78, 5) is 0. The summed E-state index contributed by atoms with van der Waals surface area (Å²) in [5.41, 5.74) is 6.37. The zero-order valence-corrected chi connectivity index (χ0v) is 12.5. The van der Waals surface area contributed by atoms with E-state index in [4.69, 9.17) is 5.73 Å². The van der Waals surface area contributed by atoms with Gasteiger partial charge in [-0.2, -0.15) is 0 Å². The van der Waals surface area contributed by atoms with Gasteiger partial charge in [-0.25, -0.2) is 0 Å². The van der Waals surface area contributed by atoms with E-state index < -0.39 is 0 Å². The number of hydrogen-bond donors (Lipinski definition) is 2. The molecule has 4 unspecified atom stereocenters. The van der Waals surface area contributed by atoms with Crippen molar-refractivity contribution in [3.05, 3.63) is 0 Å². The van der Waals surface area contributed by atoms with Crippen molar-refractivity contribution in [2.45, 2.75) is 64.8 Å². The van der Waals surface area contributed by atoms with E-state index in [0.29, 0.717) is 0 Å². The Morgan fingerprint density at radius 3 is 2.67 bits per heavy atom. The van der Waals surface area contributed by atoms with E-state index in [1.54, 1.807) is 0 Å². The van der Waals surface area contributed by atoms with Gasteiger partial charge in [-0.3, -0.25) is 0 Å². The third-order valence-corrected chi connectivity index (χ3v) is 5.16. The summed E-state index contributed by atoms with van der Waals surface area (Å²) in [5, 5.41) is 3.86. The fraction of sp³-hybridized carbons (Fsp3) is 1.00. The molecule has 0 bridgehead atoms. The van der Waals surface area contributed by atoms with Gasteiger partial charge in [-0.05, 0) is 55.9 Å². The number of nitrogens with two attached hydrogens (primary N) is 1. The van der Waals surface area contributed by atoms with E-state index in [-0.39, 0.29) is 5.54 Å². The second kappa shape index (κ2) is 5.92. The Bertz CT molecular complexity index is 264. The first-order valence-corrected chi connectivity index (χ1v) is 8.00. The van der Waals surface area contributed by atoms with Gasteiger partial charge in [0, 0.05) is 12.1 Å². The Labute approximate surface area is 113 Å². The Balaban J connectivity index is 1.84. The molecule has 2 heteroatoms. The average molecular weight is 252 g/mol. The molecule has 2 aliphatic carbocycles. The van der Waals surface area contributed by atoms with Crippen molar-refractivity contribution in [3.63, 3.8) is 0 Å². The van der Waals surface area contributed by atoms with E-state index in [1.165, 1.54) is 45.1 Å². The van der Waals surface area contributed by atoms with Crippen LogP contribution < -0.4 is 11.1 Å². The fourth-order valence-corrected chi connectivity index (χ4v) is 3.80. The Hall–Kier alpha value is -0.0800. The SMILES string of the molecule is CC(C)CC1CCCC(CN)(NCC2CC2C)C1. The molecule has 0 saturated heterocycles. The van der Waals surface area contributed by atoms with Gasteiger partial charge >= 0.3 is 0 Å². The minimum Gasteiger partial charge on any atom is -0.329 e. The van der Waals surface area contributed by atoms with Crippen LogP contribution in [0.15, 0.2) is 0 Å². The van der Waals surface area contributed by atoms with E-state index in [9.17, 15) is 0 Å². The highest BCUT2D eigenvalue weighted by Crippen LogP contribution is 2.39. The van der Waals surface area contributed by atoms with Crippen LogP contribution in [0.4, 0.5) is 0 Å². The van der Waals surface area contributed by atoms with Gasteiger partial charge in [-0.15, -0.1) is 0 Å². The van der Waals surface area contributed by atoms with Gasteiger partial charge in [0.25, 0.3) is 0 Å². The summed E-state index contributed by atoms with van der Waals surface area (Å²) < 4.78 is 0. The third kappa shape index (κ3) is 3.71. The molecule has 4 atom stereocenters. The predicted molar refractivity (Wildman–Crippen MR) is 78.5 cm³/mol. The van der Waals surface area contributed by atoms with E-state index in [2.05, 4.69) is 26.1 Å². The minimum absolute atomic E-state index is 0.264. The van der Waals surface area contributed by atoms with Crippen LogP contribution in [0.3, 0.4) is 0 Å². The Morgan fingerprint density at radius 2 is 2.11 bits per heavy atom. The highest BCUT2D eigenvalue weighted by atomic mass is 15.0. The first-order valence-electron chi connectivity index (χ1n) is 8.00. The lowest BCUT2D eigenvalue weighted by Gasteiger charge is -2.42. The lowest BCUT2D eigenvalue weighted by molar-refractivity contribution is 0.166. The fourth-order valence-electron chi connectivity index (χ4n) is 3.80. The molecule has 0 aliphatic heterocycles. The highest BCUT2D eigenvalue weighted by molar-refractivity contribution is 4.97. The van der Waals surface area contributed by atoms with Crippen molar-refractivity contribution in [1.82, 2.24) is 5.32 Å². The normalized spacial score (nSPS) is 40.2. The molecule has 0 aromatic carbocycles. The zero-order chi connectivity index (χ0) is 13.2. The maximum absolute atomic E-state index is 6.11. The lowest BCUT2D eigenvalue weighted by atomic mass is 9.73. The van der Waals surface area contributed by atoms with Crippen molar-refractivity contribution < 1.29 is 0 Å². The van der Waals surface area contributed by atoms with Gasteiger partial charge in [0.2, 0.25) is 0 Å². The molecule has 2 aliphatic rings. The summed E-state index contributed by atoms with van der Waals surface area (Å²) in [5.74, 6) is 3.60. The number of nitrogens with one attached hydrogen (secondary N) is 1. The summed E-state index contributed by atoms with van der Waals surface area (Å²) in [7, 11) is 0. The Kier molecular flexibility index (Phi) is 4.71. The van der Waals surface area contributed by atoms with Gasteiger partial charge in [0.1, 0.15) is 0 Å². The topological polar surface area (TPSA) is 38.0 Å². The predicted octanol–water partition coefficient (Wildman–Crippen LogP) is 3.17. The van der Waals surface area contributed by atoms with Crippen molar-refractivity contribution in [1.29, 1.82) is 0 Å². The average Bonchev–Trinajstić information content (AvgIpc) is 3.03. The molecule has 2 saturated carbocycles. The monoisotopic (exact) mass is 252 g/mol. The van der Waals surface area contributed by atoms with Gasteiger partial charge in [0.05, 0.1) is 0 Å². The summed E-state index contributed by atoms with van der Waals surface area (Å²) in [6.07, 6.45) is 8.18. The summed E-state index contributed by atoms with van der Waals surface area (Å²) in [6.45, 7) is 9.08. The van der Waals surface area contributed by atoms with Crippen LogP contribution in [0.2, 0.25) is 0 Å². The molecule has 0 aromatic rings. The molecular weight excluding hydrogens is 220 g/mol. The van der Waals surface area contributed by atoms with Gasteiger partial charge in [-0.1, -0.05) is 33.6 Å². The highest BCUT2D eigenvalue weighted by Gasteiger charge is 2.38. The summed E-state index contributed by atoms with van der Waals surface area (Å²) in [6, 6.07) is 0. The number of hydrogen-bond acceptors (Lipinski definition) is 2. The second-order valence-electron chi connectivity index (χ2n) is 7.43.